The highest BCUT2D eigenvalue weighted by atomic mass is 32.1. The maximum atomic E-state index is 12.1. The third-order valence-electron chi connectivity index (χ3n) is 2.90. The molecule has 0 spiro atoms. The van der Waals surface area contributed by atoms with Crippen LogP contribution in [0.5, 0.6) is 0 Å². The lowest BCUT2D eigenvalue weighted by Crippen LogP contribution is -2.16. The van der Waals surface area contributed by atoms with Gasteiger partial charge in [-0.2, -0.15) is 0 Å². The monoisotopic (exact) mass is 290 g/mol. The van der Waals surface area contributed by atoms with Crippen LogP contribution in [0.4, 0.5) is 0 Å². The Hall–Kier alpha value is -2.06. The fraction of sp³-hybridized carbons (Fsp3) is 0.333. The summed E-state index contributed by atoms with van der Waals surface area (Å²) in [4.78, 5) is 17.2. The molecule has 8 heteroatoms. The van der Waals surface area contributed by atoms with Gasteiger partial charge in [0.2, 0.25) is 0 Å². The van der Waals surface area contributed by atoms with Crippen molar-refractivity contribution in [3.8, 4) is 0 Å². The van der Waals surface area contributed by atoms with Gasteiger partial charge in [0.25, 0.3) is 5.56 Å². The highest BCUT2D eigenvalue weighted by Crippen LogP contribution is 2.11. The van der Waals surface area contributed by atoms with Crippen LogP contribution in [0.15, 0.2) is 22.4 Å². The Morgan fingerprint density at radius 1 is 1.40 bits per heavy atom. The summed E-state index contributed by atoms with van der Waals surface area (Å²) >= 11 is 1.46. The highest BCUT2D eigenvalue weighted by Gasteiger charge is 2.08. The van der Waals surface area contributed by atoms with E-state index < -0.39 is 0 Å². The first kappa shape index (κ1) is 12.9. The molecule has 0 unspecified atom stereocenters. The van der Waals surface area contributed by atoms with E-state index in [9.17, 15) is 4.79 Å². The first-order chi connectivity index (χ1) is 9.67. The van der Waals surface area contributed by atoms with Gasteiger partial charge < -0.3 is 5.32 Å². The molecule has 1 N–H and O–H groups in total. The molecule has 0 aliphatic rings. The van der Waals surface area contributed by atoms with E-state index in [0.717, 1.165) is 11.4 Å². The van der Waals surface area contributed by atoms with Crippen molar-refractivity contribution in [1.29, 1.82) is 0 Å². The Morgan fingerprint density at radius 3 is 3.05 bits per heavy atom. The zero-order valence-corrected chi connectivity index (χ0v) is 12.0. The molecule has 0 fully saturated rings. The molecule has 3 rings (SSSR count). The summed E-state index contributed by atoms with van der Waals surface area (Å²) < 4.78 is 3.30. The van der Waals surface area contributed by atoms with E-state index in [-0.39, 0.29) is 5.56 Å². The van der Waals surface area contributed by atoms with Gasteiger partial charge in [-0.15, -0.1) is 16.4 Å². The third-order valence-corrected chi connectivity index (χ3v) is 3.84. The zero-order valence-electron chi connectivity index (χ0n) is 11.2. The number of hydrogen-bond donors (Lipinski definition) is 1. The first-order valence-corrected chi connectivity index (χ1v) is 7.06. The van der Waals surface area contributed by atoms with Crippen molar-refractivity contribution in [3.63, 3.8) is 0 Å². The molecular weight excluding hydrogens is 276 g/mol. The number of thiazole rings is 1. The van der Waals surface area contributed by atoms with Crippen LogP contribution in [-0.4, -0.2) is 31.4 Å². The molecule has 20 heavy (non-hydrogen) atoms. The summed E-state index contributed by atoms with van der Waals surface area (Å²) in [5, 5.41) is 13.0. The summed E-state index contributed by atoms with van der Waals surface area (Å²) in [6, 6.07) is 1.55. The average Bonchev–Trinajstić information content (AvgIpc) is 2.98. The van der Waals surface area contributed by atoms with Crippen LogP contribution in [0.2, 0.25) is 0 Å². The molecule has 0 atom stereocenters. The van der Waals surface area contributed by atoms with Gasteiger partial charge in [-0.1, -0.05) is 5.21 Å². The zero-order chi connectivity index (χ0) is 14.1. The number of fused-ring (bicyclic) bond motifs is 1. The molecule has 0 aliphatic heterocycles. The Balaban J connectivity index is 1.92. The van der Waals surface area contributed by atoms with Gasteiger partial charge >= 0.3 is 0 Å². The topological polar surface area (TPSA) is 77.1 Å². The summed E-state index contributed by atoms with van der Waals surface area (Å²) in [5.74, 6) is 0. The molecule has 0 bridgehead atoms. The van der Waals surface area contributed by atoms with E-state index in [4.69, 9.17) is 0 Å². The molecule has 0 aromatic carbocycles. The first-order valence-electron chi connectivity index (χ1n) is 6.18. The molecule has 3 aromatic heterocycles. The van der Waals surface area contributed by atoms with E-state index >= 15 is 0 Å². The second-order valence-electron chi connectivity index (χ2n) is 4.52. The van der Waals surface area contributed by atoms with Crippen LogP contribution in [-0.2, 0) is 13.1 Å². The van der Waals surface area contributed by atoms with E-state index in [1.807, 2.05) is 25.5 Å². The van der Waals surface area contributed by atoms with Crippen LogP contribution < -0.4 is 10.9 Å². The molecule has 0 amide bonds. The van der Waals surface area contributed by atoms with Gasteiger partial charge in [0, 0.05) is 23.7 Å². The Morgan fingerprint density at radius 2 is 2.25 bits per heavy atom. The van der Waals surface area contributed by atoms with Crippen LogP contribution in [0.3, 0.4) is 0 Å². The highest BCUT2D eigenvalue weighted by molar-refractivity contribution is 7.15. The minimum atomic E-state index is -0.0562. The van der Waals surface area contributed by atoms with Gasteiger partial charge in [0.15, 0.2) is 4.96 Å². The van der Waals surface area contributed by atoms with Crippen molar-refractivity contribution in [2.45, 2.75) is 20.0 Å². The molecule has 0 radical (unpaired) electrons. The van der Waals surface area contributed by atoms with Crippen molar-refractivity contribution in [2.24, 2.45) is 0 Å². The van der Waals surface area contributed by atoms with E-state index in [1.165, 1.54) is 11.3 Å². The van der Waals surface area contributed by atoms with Crippen molar-refractivity contribution in [3.05, 3.63) is 45.1 Å². The molecule has 0 saturated heterocycles. The quantitative estimate of drug-likeness (QED) is 0.753. The fourth-order valence-corrected chi connectivity index (χ4v) is 2.92. The van der Waals surface area contributed by atoms with E-state index in [2.05, 4.69) is 20.6 Å². The fourth-order valence-electron chi connectivity index (χ4n) is 2.03. The molecular formula is C12H14N6OS. The van der Waals surface area contributed by atoms with Crippen molar-refractivity contribution in [1.82, 2.24) is 29.7 Å². The van der Waals surface area contributed by atoms with Crippen LogP contribution >= 0.6 is 11.3 Å². The van der Waals surface area contributed by atoms with Gasteiger partial charge in [-0.05, 0) is 14.0 Å². The normalized spacial score (nSPS) is 11.3. The average molecular weight is 290 g/mol. The lowest BCUT2D eigenvalue weighted by molar-refractivity contribution is 0.637. The molecule has 104 valence electrons. The van der Waals surface area contributed by atoms with E-state index in [1.54, 1.807) is 15.1 Å². The number of rotatable bonds is 4. The second-order valence-corrected chi connectivity index (χ2v) is 5.36. The molecule has 3 heterocycles. The minimum absolute atomic E-state index is 0.0562. The summed E-state index contributed by atoms with van der Waals surface area (Å²) in [6.45, 7) is 3.01. The van der Waals surface area contributed by atoms with Gasteiger partial charge in [-0.25, -0.2) is 9.67 Å². The molecule has 0 aliphatic carbocycles. The van der Waals surface area contributed by atoms with E-state index in [0.29, 0.717) is 23.7 Å². The van der Waals surface area contributed by atoms with Gasteiger partial charge in [0.1, 0.15) is 0 Å². The standard InChI is InChI=1S/C12H14N6OS/c1-8-7-20-12-14-9(3-11(19)18(8)12)5-17-6-10(4-13-2)15-16-17/h3,6-7,13H,4-5H2,1-2H3. The van der Waals surface area contributed by atoms with Gasteiger partial charge in [-0.3, -0.25) is 9.20 Å². The maximum Gasteiger partial charge on any atom is 0.259 e. The number of aromatic nitrogens is 5. The Kier molecular flexibility index (Phi) is 3.33. The predicted molar refractivity (Wildman–Crippen MR) is 76.0 cm³/mol. The largest absolute Gasteiger partial charge is 0.314 e. The number of hydrogen-bond acceptors (Lipinski definition) is 6. The molecule has 3 aromatic rings. The summed E-state index contributed by atoms with van der Waals surface area (Å²) in [7, 11) is 1.86. The van der Waals surface area contributed by atoms with Gasteiger partial charge in [0.05, 0.1) is 24.1 Å². The lowest BCUT2D eigenvalue weighted by Gasteiger charge is -2.01. The number of nitrogens with one attached hydrogen (secondary N) is 1. The Bertz CT molecular complexity index is 802. The lowest BCUT2D eigenvalue weighted by atomic mass is 10.4. The van der Waals surface area contributed by atoms with Crippen LogP contribution in [0.1, 0.15) is 17.1 Å². The second kappa shape index (κ2) is 5.14. The van der Waals surface area contributed by atoms with Crippen molar-refractivity contribution >= 4 is 16.3 Å². The smallest absolute Gasteiger partial charge is 0.259 e. The summed E-state index contributed by atoms with van der Waals surface area (Å²) in [5.41, 5.74) is 2.40. The Labute approximate surface area is 118 Å². The number of nitrogens with zero attached hydrogens (tertiary/aromatic N) is 5. The SMILES string of the molecule is CNCc1cn(Cc2cc(=O)n3c(C)csc3n2)nn1. The maximum absolute atomic E-state index is 12.1. The van der Waals surface area contributed by atoms with Crippen molar-refractivity contribution < 1.29 is 0 Å². The molecule has 7 nitrogen and oxygen atoms in total. The number of aryl methyl sites for hydroxylation is 1. The predicted octanol–water partition coefficient (Wildman–Crippen LogP) is 0.424. The molecule has 0 saturated carbocycles. The van der Waals surface area contributed by atoms with Crippen molar-refractivity contribution in [2.75, 3.05) is 7.05 Å². The third kappa shape index (κ3) is 2.35. The van der Waals surface area contributed by atoms with Crippen LogP contribution in [0, 0.1) is 6.92 Å². The van der Waals surface area contributed by atoms with Crippen LogP contribution in [0.25, 0.3) is 4.96 Å². The summed E-state index contributed by atoms with van der Waals surface area (Å²) in [6.07, 6.45) is 1.85. The minimum Gasteiger partial charge on any atom is -0.314 e.